The van der Waals surface area contributed by atoms with Crippen LogP contribution in [0, 0.1) is 0 Å². The van der Waals surface area contributed by atoms with Crippen molar-refractivity contribution < 1.29 is 9.53 Å². The van der Waals surface area contributed by atoms with Gasteiger partial charge < -0.3 is 15.0 Å². The van der Waals surface area contributed by atoms with E-state index in [1.54, 1.807) is 19.4 Å². The molecule has 0 atom stereocenters. The number of ether oxygens (including phenoxy) is 1. The minimum absolute atomic E-state index is 0.00209. The smallest absolute Gasteiger partial charge is 0.211 e. The van der Waals surface area contributed by atoms with Gasteiger partial charge in [0.05, 0.1) is 18.5 Å². The summed E-state index contributed by atoms with van der Waals surface area (Å²) in [5.41, 5.74) is 2.88. The van der Waals surface area contributed by atoms with Gasteiger partial charge in [0.1, 0.15) is 5.75 Å². The van der Waals surface area contributed by atoms with Gasteiger partial charge in [-0.15, -0.1) is 0 Å². The summed E-state index contributed by atoms with van der Waals surface area (Å²) in [5.74, 6) is 0.718. The maximum absolute atomic E-state index is 12.1. The zero-order valence-electron chi connectivity index (χ0n) is 9.86. The minimum atomic E-state index is 0.00209. The third-order valence-electron chi connectivity index (χ3n) is 2.93. The predicted octanol–water partition coefficient (Wildman–Crippen LogP) is 2.67. The lowest BCUT2D eigenvalue weighted by molar-refractivity contribution is 0.104. The van der Waals surface area contributed by atoms with E-state index in [1.165, 1.54) is 0 Å². The van der Waals surface area contributed by atoms with Crippen molar-refractivity contribution in [3.63, 3.8) is 0 Å². The highest BCUT2D eigenvalue weighted by Gasteiger charge is 2.24. The zero-order valence-corrected chi connectivity index (χ0v) is 9.86. The van der Waals surface area contributed by atoms with Gasteiger partial charge in [-0.1, -0.05) is 12.1 Å². The lowest BCUT2D eigenvalue weighted by atomic mass is 10.1. The number of hydrogen-bond acceptors (Lipinski definition) is 3. The summed E-state index contributed by atoms with van der Waals surface area (Å²) >= 11 is 0. The Morgan fingerprint density at radius 2 is 2.06 bits per heavy atom. The van der Waals surface area contributed by atoms with E-state index in [4.69, 9.17) is 4.74 Å². The topological polar surface area (TPSA) is 54.1 Å². The van der Waals surface area contributed by atoms with Gasteiger partial charge in [-0.3, -0.25) is 4.79 Å². The average molecular weight is 240 g/mol. The van der Waals surface area contributed by atoms with Crippen molar-refractivity contribution in [2.45, 2.75) is 0 Å². The van der Waals surface area contributed by atoms with Gasteiger partial charge in [0.15, 0.2) is 0 Å². The first-order valence-electron chi connectivity index (χ1n) is 5.63. The molecule has 1 aliphatic heterocycles. The lowest BCUT2D eigenvalue weighted by Gasteiger charge is -2.00. The second kappa shape index (κ2) is 4.07. The van der Waals surface area contributed by atoms with Crippen molar-refractivity contribution in [3.8, 4) is 5.75 Å². The van der Waals surface area contributed by atoms with Crippen LogP contribution in [0.15, 0.2) is 42.2 Å². The van der Waals surface area contributed by atoms with E-state index in [1.807, 2.05) is 30.3 Å². The summed E-state index contributed by atoms with van der Waals surface area (Å²) in [5, 5.41) is 3.11. The number of H-pyrrole nitrogens is 1. The van der Waals surface area contributed by atoms with E-state index in [2.05, 4.69) is 10.3 Å². The standard InChI is InChI=1S/C14H12N2O2/c1-18-13-6-7-15-11(13)8-12-14(17)9-4-2-3-5-10(9)16-12/h2-8,15-16H,1H3/b12-8+. The van der Waals surface area contributed by atoms with Gasteiger partial charge in [0.2, 0.25) is 5.78 Å². The Labute approximate surface area is 104 Å². The van der Waals surface area contributed by atoms with Gasteiger partial charge in [-0.25, -0.2) is 0 Å². The lowest BCUT2D eigenvalue weighted by Crippen LogP contribution is -2.00. The molecule has 2 N–H and O–H groups in total. The number of Topliss-reactive ketones (excluding diaryl/α,β-unsaturated/α-hetero) is 1. The monoisotopic (exact) mass is 240 g/mol. The maximum Gasteiger partial charge on any atom is 0.211 e. The number of benzene rings is 1. The Hall–Kier alpha value is -2.49. The molecule has 0 spiro atoms. The number of aromatic amines is 1. The van der Waals surface area contributed by atoms with Crippen LogP contribution in [0.25, 0.3) is 6.08 Å². The fourth-order valence-corrected chi connectivity index (χ4v) is 2.04. The van der Waals surface area contributed by atoms with E-state index in [9.17, 15) is 4.79 Å². The fourth-order valence-electron chi connectivity index (χ4n) is 2.04. The quantitative estimate of drug-likeness (QED) is 0.793. The summed E-state index contributed by atoms with van der Waals surface area (Å²) < 4.78 is 5.19. The van der Waals surface area contributed by atoms with Crippen molar-refractivity contribution in [2.75, 3.05) is 12.4 Å². The Morgan fingerprint density at radius 1 is 1.22 bits per heavy atom. The SMILES string of the molecule is COc1cc[nH]c1/C=C1/Nc2ccccc2C1=O. The number of hydrogen-bond donors (Lipinski definition) is 2. The first kappa shape index (κ1) is 10.7. The number of methoxy groups -OCH3 is 1. The van der Waals surface area contributed by atoms with Gasteiger partial charge in [0, 0.05) is 17.4 Å². The van der Waals surface area contributed by atoms with Crippen molar-refractivity contribution >= 4 is 17.5 Å². The van der Waals surface area contributed by atoms with Crippen LogP contribution in [0.4, 0.5) is 5.69 Å². The zero-order chi connectivity index (χ0) is 12.5. The molecule has 0 amide bonds. The fraction of sp³-hybridized carbons (Fsp3) is 0.0714. The van der Waals surface area contributed by atoms with Crippen molar-refractivity contribution in [1.29, 1.82) is 0 Å². The van der Waals surface area contributed by atoms with E-state index in [-0.39, 0.29) is 5.78 Å². The van der Waals surface area contributed by atoms with Crippen LogP contribution in [0.3, 0.4) is 0 Å². The van der Waals surface area contributed by atoms with Crippen LogP contribution in [0.5, 0.6) is 5.75 Å². The highest BCUT2D eigenvalue weighted by Crippen LogP contribution is 2.29. The third kappa shape index (κ3) is 1.59. The van der Waals surface area contributed by atoms with Crippen LogP contribution in [0.2, 0.25) is 0 Å². The number of fused-ring (bicyclic) bond motifs is 1. The molecule has 4 nitrogen and oxygen atoms in total. The molecule has 1 aliphatic rings. The number of anilines is 1. The number of rotatable bonds is 2. The molecule has 0 unspecified atom stereocenters. The van der Waals surface area contributed by atoms with Gasteiger partial charge in [0.25, 0.3) is 0 Å². The maximum atomic E-state index is 12.1. The first-order chi connectivity index (χ1) is 8.79. The van der Waals surface area contributed by atoms with Crippen LogP contribution in [-0.4, -0.2) is 17.9 Å². The summed E-state index contributed by atoms with van der Waals surface area (Å²) in [4.78, 5) is 15.2. The highest BCUT2D eigenvalue weighted by molar-refractivity contribution is 6.20. The molecule has 0 bridgehead atoms. The highest BCUT2D eigenvalue weighted by atomic mass is 16.5. The second-order valence-electron chi connectivity index (χ2n) is 4.02. The molecule has 0 saturated carbocycles. The molecule has 18 heavy (non-hydrogen) atoms. The van der Waals surface area contributed by atoms with Crippen LogP contribution in [-0.2, 0) is 0 Å². The molecule has 1 aromatic heterocycles. The summed E-state index contributed by atoms with van der Waals surface area (Å²) in [6, 6.07) is 9.28. The third-order valence-corrected chi connectivity index (χ3v) is 2.93. The van der Waals surface area contributed by atoms with Crippen molar-refractivity contribution in [3.05, 3.63) is 53.5 Å². The molecular weight excluding hydrogens is 228 g/mol. The van der Waals surface area contributed by atoms with E-state index in [0.717, 1.165) is 11.4 Å². The molecule has 0 aliphatic carbocycles. The normalized spacial score (nSPS) is 15.6. The molecule has 1 aromatic carbocycles. The number of aromatic nitrogens is 1. The molecule has 2 aromatic rings. The Bertz CT molecular complexity index is 641. The van der Waals surface area contributed by atoms with Crippen LogP contribution >= 0.6 is 0 Å². The number of allylic oxidation sites excluding steroid dienone is 1. The Kier molecular flexibility index (Phi) is 2.41. The first-order valence-corrected chi connectivity index (χ1v) is 5.63. The molecule has 0 radical (unpaired) electrons. The Balaban J connectivity index is 1.99. The predicted molar refractivity (Wildman–Crippen MR) is 69.7 cm³/mol. The molecular formula is C14H12N2O2. The van der Waals surface area contributed by atoms with Crippen LogP contribution < -0.4 is 10.1 Å². The van der Waals surface area contributed by atoms with Crippen molar-refractivity contribution in [1.82, 2.24) is 4.98 Å². The van der Waals surface area contributed by atoms with Gasteiger partial charge in [-0.2, -0.15) is 0 Å². The largest absolute Gasteiger partial charge is 0.495 e. The second-order valence-corrected chi connectivity index (χ2v) is 4.02. The molecule has 4 heteroatoms. The number of para-hydroxylation sites is 1. The Morgan fingerprint density at radius 3 is 2.83 bits per heavy atom. The van der Waals surface area contributed by atoms with E-state index < -0.39 is 0 Å². The summed E-state index contributed by atoms with van der Waals surface area (Å²) in [6.45, 7) is 0. The molecule has 2 heterocycles. The molecule has 3 rings (SSSR count). The number of ketones is 1. The molecule has 0 fully saturated rings. The number of carbonyl (C=O) groups is 1. The minimum Gasteiger partial charge on any atom is -0.495 e. The van der Waals surface area contributed by atoms with Gasteiger partial charge in [-0.05, 0) is 24.3 Å². The number of nitrogens with one attached hydrogen (secondary N) is 2. The van der Waals surface area contributed by atoms with Crippen LogP contribution in [0.1, 0.15) is 16.1 Å². The van der Waals surface area contributed by atoms with Crippen molar-refractivity contribution in [2.24, 2.45) is 0 Å². The molecule has 0 saturated heterocycles. The average Bonchev–Trinajstić information content (AvgIpc) is 2.96. The van der Waals surface area contributed by atoms with E-state index in [0.29, 0.717) is 17.0 Å². The number of carbonyl (C=O) groups excluding carboxylic acids is 1. The summed E-state index contributed by atoms with van der Waals surface area (Å²) in [7, 11) is 1.60. The summed E-state index contributed by atoms with van der Waals surface area (Å²) in [6.07, 6.45) is 3.54. The molecule has 90 valence electrons. The van der Waals surface area contributed by atoms with Gasteiger partial charge >= 0.3 is 0 Å². The van der Waals surface area contributed by atoms with E-state index >= 15 is 0 Å².